The van der Waals surface area contributed by atoms with Gasteiger partial charge in [0, 0.05) is 0 Å². The van der Waals surface area contributed by atoms with E-state index in [4.69, 9.17) is 0 Å². The first-order valence-electron chi connectivity index (χ1n) is 6.04. The van der Waals surface area contributed by atoms with E-state index < -0.39 is 0 Å². The van der Waals surface area contributed by atoms with Gasteiger partial charge in [-0.15, -0.1) is 13.2 Å². The first-order chi connectivity index (χ1) is 7.60. The van der Waals surface area contributed by atoms with Crippen molar-refractivity contribution in [2.75, 3.05) is 13.2 Å². The van der Waals surface area contributed by atoms with Crippen molar-refractivity contribution in [3.8, 4) is 0 Å². The molecule has 0 bridgehead atoms. The largest absolute Gasteiger partial charge is 0.854 e. The zero-order valence-electron chi connectivity index (χ0n) is 11.3. The summed E-state index contributed by atoms with van der Waals surface area (Å²) in [5.74, 6) is 0. The minimum atomic E-state index is 0.0938. The molecule has 0 radical (unpaired) electrons. The Morgan fingerprint density at radius 1 is 1.00 bits per heavy atom. The Labute approximate surface area is 114 Å². The Kier molecular flexibility index (Phi) is 33.2. The molecule has 0 aromatic heterocycles. The summed E-state index contributed by atoms with van der Waals surface area (Å²) in [5, 5.41) is 19.1. The van der Waals surface area contributed by atoms with Gasteiger partial charge >= 0.3 is 50.7 Å². The number of rotatable bonds is 5. The molecule has 0 unspecified atom stereocenters. The molecular formula is C13H27O2Ti. The number of allylic oxidation sites excluding steroid dienone is 2. The van der Waals surface area contributed by atoms with Crippen LogP contribution in [0.4, 0.5) is 0 Å². The second kappa shape index (κ2) is 24.6. The second-order valence-corrected chi connectivity index (χ2v) is 4.24. The smallest absolute Gasteiger partial charge is 0.0575 e. The van der Waals surface area contributed by atoms with Gasteiger partial charge in [0.1, 0.15) is 0 Å². The second-order valence-electron chi connectivity index (χ2n) is 3.60. The Morgan fingerprint density at radius 3 is 1.38 bits per heavy atom. The number of hydrogen-bond acceptors (Lipinski definition) is 2. The van der Waals surface area contributed by atoms with E-state index in [-0.39, 0.29) is 13.2 Å². The zero-order valence-corrected chi connectivity index (χ0v) is 12.9. The van der Waals surface area contributed by atoms with Gasteiger partial charge in [-0.3, -0.25) is 0 Å². The average Bonchev–Trinajstić information content (AvgIpc) is 2.21. The molecule has 0 amide bonds. The summed E-state index contributed by atoms with van der Waals surface area (Å²) in [7, 11) is 0. The Morgan fingerprint density at radius 2 is 1.38 bits per heavy atom. The Bertz CT molecular complexity index is 111. The van der Waals surface area contributed by atoms with Gasteiger partial charge in [-0.05, 0) is 0 Å². The molecule has 0 aliphatic heterocycles. The van der Waals surface area contributed by atoms with E-state index in [9.17, 15) is 10.2 Å². The zero-order chi connectivity index (χ0) is 13.2. The van der Waals surface area contributed by atoms with Gasteiger partial charge in [0.05, 0.1) is 0 Å². The summed E-state index contributed by atoms with van der Waals surface area (Å²) < 4.78 is 1.17. The van der Waals surface area contributed by atoms with Crippen LogP contribution in [0.5, 0.6) is 0 Å². The van der Waals surface area contributed by atoms with Crippen molar-refractivity contribution in [1.29, 1.82) is 0 Å². The maximum atomic E-state index is 9.53. The maximum Gasteiger partial charge on any atom is -0.0575 e. The molecule has 3 heteroatoms. The molecule has 0 aliphatic carbocycles. The van der Waals surface area contributed by atoms with Crippen LogP contribution in [0.25, 0.3) is 0 Å². The normalized spacial score (nSPS) is 8.25. The van der Waals surface area contributed by atoms with E-state index in [0.29, 0.717) is 0 Å². The van der Waals surface area contributed by atoms with Gasteiger partial charge in [-0.25, -0.2) is 0 Å². The van der Waals surface area contributed by atoms with E-state index in [0.717, 1.165) is 25.7 Å². The van der Waals surface area contributed by atoms with Crippen molar-refractivity contribution in [2.45, 2.75) is 58.1 Å². The van der Waals surface area contributed by atoms with Crippen LogP contribution in [0.1, 0.15) is 53.4 Å². The summed E-state index contributed by atoms with van der Waals surface area (Å²) >= 11 is 2.15. The van der Waals surface area contributed by atoms with E-state index in [2.05, 4.69) is 40.4 Å². The molecule has 2 nitrogen and oxygen atoms in total. The fourth-order valence-electron chi connectivity index (χ4n) is 0.493. The van der Waals surface area contributed by atoms with Gasteiger partial charge in [0.25, 0.3) is 0 Å². The predicted molar refractivity (Wildman–Crippen MR) is 63.8 cm³/mol. The van der Waals surface area contributed by atoms with Crippen molar-refractivity contribution >= 4 is 0 Å². The van der Waals surface area contributed by atoms with Crippen molar-refractivity contribution in [2.24, 2.45) is 0 Å². The van der Waals surface area contributed by atoms with Crippen molar-refractivity contribution < 1.29 is 30.6 Å². The summed E-state index contributed by atoms with van der Waals surface area (Å²) in [6.45, 7) is 8.44. The first kappa shape index (κ1) is 21.6. The van der Waals surface area contributed by atoms with Crippen molar-refractivity contribution in [3.05, 3.63) is 11.6 Å². The molecule has 0 saturated heterocycles. The van der Waals surface area contributed by atoms with Gasteiger partial charge < -0.3 is 10.2 Å². The monoisotopic (exact) mass is 263 g/mol. The van der Waals surface area contributed by atoms with E-state index in [1.165, 1.54) is 10.3 Å². The first-order valence-corrected chi connectivity index (χ1v) is 7.15. The fraction of sp³-hybridized carbons (Fsp3) is 0.846. The number of unbranched alkanes of at least 4 members (excludes halogenated alkanes) is 2. The van der Waals surface area contributed by atoms with Crippen LogP contribution in [-0.4, -0.2) is 13.2 Å². The molecule has 0 fully saturated rings. The van der Waals surface area contributed by atoms with Crippen LogP contribution in [0, 0.1) is 0 Å². The van der Waals surface area contributed by atoms with E-state index in [1.54, 1.807) is 0 Å². The summed E-state index contributed by atoms with van der Waals surface area (Å²) in [4.78, 5) is 0. The SMILES string of the molecule is CC(C)=C[CH2][Ti+2].CCCC[O-].CCCC[O-]. The average molecular weight is 263 g/mol. The number of hydrogen-bond donors (Lipinski definition) is 0. The molecule has 16 heavy (non-hydrogen) atoms. The van der Waals surface area contributed by atoms with Gasteiger partial charge in [0.15, 0.2) is 0 Å². The molecule has 0 saturated carbocycles. The molecule has 0 spiro atoms. The molecule has 0 aliphatic rings. The van der Waals surface area contributed by atoms with E-state index in [1.807, 2.05) is 13.8 Å². The summed E-state index contributed by atoms with van der Waals surface area (Å²) in [5.41, 5.74) is 1.41. The third-order valence-electron chi connectivity index (χ3n) is 1.51. The third-order valence-corrected chi connectivity index (χ3v) is 1.82. The Hall–Kier alpha value is 0.374. The van der Waals surface area contributed by atoms with Crippen molar-refractivity contribution in [1.82, 2.24) is 0 Å². The van der Waals surface area contributed by atoms with Crippen LogP contribution in [0.3, 0.4) is 0 Å². The molecule has 0 rings (SSSR count). The molecule has 0 aromatic carbocycles. The Balaban J connectivity index is -0.000000160. The fourth-order valence-corrected chi connectivity index (χ4v) is 1.13. The van der Waals surface area contributed by atoms with Crippen LogP contribution in [0.15, 0.2) is 11.6 Å². The molecule has 0 aromatic rings. The molecule has 0 N–H and O–H groups in total. The molecular weight excluding hydrogens is 236 g/mol. The predicted octanol–water partition coefficient (Wildman–Crippen LogP) is 2.21. The molecule has 0 heterocycles. The van der Waals surface area contributed by atoms with Crippen LogP contribution in [-0.2, 0) is 20.4 Å². The minimum absolute atomic E-state index is 0.0938. The topological polar surface area (TPSA) is 46.1 Å². The third kappa shape index (κ3) is 47.3. The van der Waals surface area contributed by atoms with Gasteiger partial charge in [-0.2, -0.15) is 0 Å². The van der Waals surface area contributed by atoms with Crippen LogP contribution in [0.2, 0.25) is 4.73 Å². The van der Waals surface area contributed by atoms with Gasteiger partial charge in [-0.1, -0.05) is 39.5 Å². The summed E-state index contributed by atoms with van der Waals surface area (Å²) in [6, 6.07) is 0. The maximum absolute atomic E-state index is 9.53. The molecule has 0 atom stereocenters. The van der Waals surface area contributed by atoms with Crippen LogP contribution >= 0.6 is 0 Å². The standard InChI is InChI=1S/C5H9.2C4H9O.Ti/c1-4-5(2)3;2*1-2-3-4-5;/h4H,1H2,2-3H3;2*2-4H2,1H3;/q;2*-1;+2. The van der Waals surface area contributed by atoms with Crippen LogP contribution < -0.4 is 10.2 Å². The molecule has 95 valence electrons. The summed E-state index contributed by atoms with van der Waals surface area (Å²) in [6.07, 6.45) is 5.94. The minimum Gasteiger partial charge on any atom is -0.854 e. The quantitative estimate of drug-likeness (QED) is 0.564. The van der Waals surface area contributed by atoms with E-state index >= 15 is 0 Å². The van der Waals surface area contributed by atoms with Crippen molar-refractivity contribution in [3.63, 3.8) is 0 Å². The van der Waals surface area contributed by atoms with Gasteiger partial charge in [0.2, 0.25) is 0 Å².